The van der Waals surface area contributed by atoms with Gasteiger partial charge in [0.05, 0.1) is 11.4 Å². The van der Waals surface area contributed by atoms with Crippen molar-refractivity contribution in [3.8, 4) is 0 Å². The lowest BCUT2D eigenvalue weighted by atomic mass is 10.0. The smallest absolute Gasteiger partial charge is 0.243 e. The molecule has 0 fully saturated rings. The minimum Gasteiger partial charge on any atom is -0.349 e. The predicted molar refractivity (Wildman–Crippen MR) is 82.6 cm³/mol. The Bertz CT molecular complexity index is 730. The highest BCUT2D eigenvalue weighted by Crippen LogP contribution is 2.23. The minimum atomic E-state index is -3.41. The molecule has 3 rings (SSSR count). The molecule has 1 aliphatic heterocycles. The molecule has 0 N–H and O–H groups in total. The Kier molecular flexibility index (Phi) is 3.63. The summed E-state index contributed by atoms with van der Waals surface area (Å²) >= 11 is 0. The van der Waals surface area contributed by atoms with Crippen LogP contribution < -0.4 is 0 Å². The number of hydrogen-bond acceptors (Lipinski definition) is 2. The highest BCUT2D eigenvalue weighted by atomic mass is 32.2. The Morgan fingerprint density at radius 3 is 2.43 bits per heavy atom. The average molecular weight is 304 g/mol. The lowest BCUT2D eigenvalue weighted by molar-refractivity contribution is 0.341. The van der Waals surface area contributed by atoms with Crippen LogP contribution in [0, 0.1) is 0 Å². The molecule has 0 saturated carbocycles. The van der Waals surface area contributed by atoms with E-state index in [1.54, 1.807) is 16.4 Å². The van der Waals surface area contributed by atoms with Gasteiger partial charge in [-0.3, -0.25) is 0 Å². The Morgan fingerprint density at radius 1 is 1.05 bits per heavy atom. The molecule has 1 aliphatic rings. The van der Waals surface area contributed by atoms with Gasteiger partial charge in [-0.15, -0.1) is 0 Å². The molecule has 2 heterocycles. The van der Waals surface area contributed by atoms with E-state index in [0.29, 0.717) is 30.4 Å². The van der Waals surface area contributed by atoms with E-state index in [-0.39, 0.29) is 0 Å². The van der Waals surface area contributed by atoms with E-state index in [4.69, 9.17) is 0 Å². The van der Waals surface area contributed by atoms with Gasteiger partial charge in [0.25, 0.3) is 0 Å². The SMILES string of the molecule is CC(C)c1ccc(S(=O)(=O)N2CCn3cccc3C2)cc1. The fourth-order valence-corrected chi connectivity index (χ4v) is 4.07. The Balaban J connectivity index is 1.87. The summed E-state index contributed by atoms with van der Waals surface area (Å²) in [6.45, 7) is 5.88. The highest BCUT2D eigenvalue weighted by Gasteiger charge is 2.28. The normalized spacial score (nSPS) is 16.1. The molecular formula is C16H20N2O2S. The van der Waals surface area contributed by atoms with Crippen molar-refractivity contribution in [3.05, 3.63) is 53.9 Å². The molecule has 0 radical (unpaired) electrons. The standard InChI is InChI=1S/C16H20N2O2S/c1-13(2)14-5-7-16(8-6-14)21(19,20)18-11-10-17-9-3-4-15(17)12-18/h3-9,13H,10-12H2,1-2H3. The van der Waals surface area contributed by atoms with Crippen LogP contribution in [0.25, 0.3) is 0 Å². The van der Waals surface area contributed by atoms with Crippen molar-refractivity contribution >= 4 is 10.0 Å². The monoisotopic (exact) mass is 304 g/mol. The number of aromatic nitrogens is 1. The van der Waals surface area contributed by atoms with Gasteiger partial charge in [0.2, 0.25) is 10.0 Å². The zero-order valence-corrected chi connectivity index (χ0v) is 13.2. The second-order valence-corrected chi connectivity index (χ2v) is 7.69. The van der Waals surface area contributed by atoms with E-state index >= 15 is 0 Å². The first-order valence-corrected chi connectivity index (χ1v) is 8.66. The number of sulfonamides is 1. The third kappa shape index (κ3) is 2.63. The van der Waals surface area contributed by atoms with Crippen molar-refractivity contribution in [2.24, 2.45) is 0 Å². The molecule has 4 nitrogen and oxygen atoms in total. The Hall–Kier alpha value is -1.59. The molecule has 0 saturated heterocycles. The molecule has 1 aromatic heterocycles. The van der Waals surface area contributed by atoms with Crippen LogP contribution in [0.5, 0.6) is 0 Å². The number of hydrogen-bond donors (Lipinski definition) is 0. The summed E-state index contributed by atoms with van der Waals surface area (Å²) in [5.41, 5.74) is 2.20. The molecule has 2 aromatic rings. The summed E-state index contributed by atoms with van der Waals surface area (Å²) in [7, 11) is -3.41. The molecule has 5 heteroatoms. The molecule has 21 heavy (non-hydrogen) atoms. The Labute approximate surface area is 126 Å². The summed E-state index contributed by atoms with van der Waals surface area (Å²) in [6.07, 6.45) is 2.00. The maximum atomic E-state index is 12.7. The summed E-state index contributed by atoms with van der Waals surface area (Å²) in [5.74, 6) is 0.403. The van der Waals surface area contributed by atoms with Gasteiger partial charge in [0.1, 0.15) is 0 Å². The summed E-state index contributed by atoms with van der Waals surface area (Å²) in [6, 6.07) is 11.2. The quantitative estimate of drug-likeness (QED) is 0.875. The second-order valence-electron chi connectivity index (χ2n) is 5.76. The number of benzene rings is 1. The average Bonchev–Trinajstić information content (AvgIpc) is 2.94. The largest absolute Gasteiger partial charge is 0.349 e. The van der Waals surface area contributed by atoms with E-state index < -0.39 is 10.0 Å². The maximum Gasteiger partial charge on any atom is 0.243 e. The Morgan fingerprint density at radius 2 is 1.76 bits per heavy atom. The minimum absolute atomic E-state index is 0.381. The van der Waals surface area contributed by atoms with Gasteiger partial charge in [-0.05, 0) is 35.7 Å². The molecule has 0 atom stereocenters. The van der Waals surface area contributed by atoms with Crippen molar-refractivity contribution in [1.82, 2.24) is 8.87 Å². The van der Waals surface area contributed by atoms with Crippen LogP contribution in [0.15, 0.2) is 47.5 Å². The van der Waals surface area contributed by atoms with Crippen molar-refractivity contribution in [2.75, 3.05) is 6.54 Å². The van der Waals surface area contributed by atoms with E-state index in [9.17, 15) is 8.42 Å². The fraction of sp³-hybridized carbons (Fsp3) is 0.375. The van der Waals surface area contributed by atoms with E-state index in [1.165, 1.54) is 0 Å². The van der Waals surface area contributed by atoms with Gasteiger partial charge in [0.15, 0.2) is 0 Å². The first kappa shape index (κ1) is 14.4. The first-order valence-electron chi connectivity index (χ1n) is 7.22. The summed E-state index contributed by atoms with van der Waals surface area (Å²) in [5, 5.41) is 0. The zero-order valence-electron chi connectivity index (χ0n) is 12.4. The molecule has 0 aliphatic carbocycles. The van der Waals surface area contributed by atoms with Crippen LogP contribution in [0.2, 0.25) is 0 Å². The molecule has 0 spiro atoms. The van der Waals surface area contributed by atoms with Gasteiger partial charge < -0.3 is 4.57 Å². The first-order chi connectivity index (χ1) is 9.98. The van der Waals surface area contributed by atoms with Crippen LogP contribution in [-0.2, 0) is 23.1 Å². The predicted octanol–water partition coefficient (Wildman–Crippen LogP) is 2.82. The van der Waals surface area contributed by atoms with E-state index in [0.717, 1.165) is 11.3 Å². The van der Waals surface area contributed by atoms with Crippen molar-refractivity contribution < 1.29 is 8.42 Å². The van der Waals surface area contributed by atoms with Gasteiger partial charge in [-0.2, -0.15) is 4.31 Å². The van der Waals surface area contributed by atoms with Crippen LogP contribution in [0.1, 0.15) is 31.0 Å². The molecular weight excluding hydrogens is 284 g/mol. The summed E-state index contributed by atoms with van der Waals surface area (Å²) < 4.78 is 29.1. The van der Waals surface area contributed by atoms with E-state index in [2.05, 4.69) is 18.4 Å². The zero-order chi connectivity index (χ0) is 15.0. The second kappa shape index (κ2) is 5.31. The van der Waals surface area contributed by atoms with Crippen molar-refractivity contribution in [3.63, 3.8) is 0 Å². The molecule has 0 unspecified atom stereocenters. The molecule has 0 bridgehead atoms. The van der Waals surface area contributed by atoms with Crippen LogP contribution >= 0.6 is 0 Å². The fourth-order valence-electron chi connectivity index (χ4n) is 2.67. The number of rotatable bonds is 3. The van der Waals surface area contributed by atoms with Crippen molar-refractivity contribution in [2.45, 2.75) is 37.8 Å². The van der Waals surface area contributed by atoms with Crippen LogP contribution in [-0.4, -0.2) is 23.8 Å². The lowest BCUT2D eigenvalue weighted by Crippen LogP contribution is -2.37. The highest BCUT2D eigenvalue weighted by molar-refractivity contribution is 7.89. The van der Waals surface area contributed by atoms with Crippen molar-refractivity contribution in [1.29, 1.82) is 0 Å². The van der Waals surface area contributed by atoms with Gasteiger partial charge in [0, 0.05) is 25.0 Å². The van der Waals surface area contributed by atoms with Crippen LogP contribution in [0.3, 0.4) is 0 Å². The topological polar surface area (TPSA) is 42.3 Å². The van der Waals surface area contributed by atoms with E-state index in [1.807, 2.05) is 30.5 Å². The van der Waals surface area contributed by atoms with Gasteiger partial charge >= 0.3 is 0 Å². The number of fused-ring (bicyclic) bond motifs is 1. The van der Waals surface area contributed by atoms with Gasteiger partial charge in [-0.1, -0.05) is 26.0 Å². The van der Waals surface area contributed by atoms with Gasteiger partial charge in [-0.25, -0.2) is 8.42 Å². The molecule has 1 aromatic carbocycles. The third-order valence-corrected chi connectivity index (χ3v) is 5.90. The summed E-state index contributed by atoms with van der Waals surface area (Å²) in [4.78, 5) is 0.381. The van der Waals surface area contributed by atoms with Crippen LogP contribution in [0.4, 0.5) is 0 Å². The molecule has 0 amide bonds. The molecule has 112 valence electrons. The number of nitrogens with zero attached hydrogens (tertiary/aromatic N) is 2. The lowest BCUT2D eigenvalue weighted by Gasteiger charge is -2.28. The third-order valence-electron chi connectivity index (χ3n) is 4.04. The maximum absolute atomic E-state index is 12.7.